The Morgan fingerprint density at radius 1 is 1.38 bits per heavy atom. The smallest absolute Gasteiger partial charge is 0.169 e. The number of rotatable bonds is 4. The Balaban J connectivity index is 2.11. The van der Waals surface area contributed by atoms with Crippen LogP contribution in [0.15, 0.2) is 28.7 Å². The van der Waals surface area contributed by atoms with Gasteiger partial charge in [-0.3, -0.25) is 0 Å². The van der Waals surface area contributed by atoms with Gasteiger partial charge in [-0.15, -0.1) is 11.3 Å². The molecule has 1 unspecified atom stereocenters. The van der Waals surface area contributed by atoms with Gasteiger partial charge in [-0.25, -0.2) is 9.37 Å². The van der Waals surface area contributed by atoms with Crippen molar-refractivity contribution in [3.63, 3.8) is 0 Å². The molecule has 0 bridgehead atoms. The lowest BCUT2D eigenvalue weighted by molar-refractivity contribution is 0.467. The zero-order valence-corrected chi connectivity index (χ0v) is 13.1. The number of hydrogen-bond donors (Lipinski definition) is 1. The SMILES string of the molecule is CCNC(c1cc2cccc(F)c2o1)c1sc(C)nc1C. The van der Waals surface area contributed by atoms with Crippen LogP contribution in [0.3, 0.4) is 0 Å². The van der Waals surface area contributed by atoms with Gasteiger partial charge in [0.25, 0.3) is 0 Å². The zero-order valence-electron chi connectivity index (χ0n) is 12.2. The Bertz CT molecular complexity index is 778. The predicted octanol–water partition coefficient (Wildman–Crippen LogP) is 4.34. The molecule has 0 saturated carbocycles. The molecule has 0 saturated heterocycles. The first-order valence-corrected chi connectivity index (χ1v) is 7.77. The quantitative estimate of drug-likeness (QED) is 0.779. The standard InChI is InChI=1S/C16H17FN2OS/c1-4-18-14(16-9(2)19-10(3)21-16)13-8-11-6-5-7-12(17)15(11)20-13/h5-8,14,18H,4H2,1-3H3. The van der Waals surface area contributed by atoms with E-state index in [1.54, 1.807) is 17.4 Å². The van der Waals surface area contributed by atoms with Crippen molar-refractivity contribution in [2.24, 2.45) is 0 Å². The molecule has 5 heteroatoms. The number of benzene rings is 1. The molecule has 110 valence electrons. The summed E-state index contributed by atoms with van der Waals surface area (Å²) in [7, 11) is 0. The van der Waals surface area contributed by atoms with Gasteiger partial charge in [0.05, 0.1) is 15.6 Å². The second-order valence-electron chi connectivity index (χ2n) is 4.98. The number of nitrogens with one attached hydrogen (secondary N) is 1. The van der Waals surface area contributed by atoms with E-state index in [1.165, 1.54) is 6.07 Å². The van der Waals surface area contributed by atoms with Crippen molar-refractivity contribution in [3.8, 4) is 0 Å². The van der Waals surface area contributed by atoms with E-state index in [-0.39, 0.29) is 11.9 Å². The zero-order chi connectivity index (χ0) is 15.0. The highest BCUT2D eigenvalue weighted by atomic mass is 32.1. The minimum absolute atomic E-state index is 0.0898. The van der Waals surface area contributed by atoms with Crippen LogP contribution in [0.2, 0.25) is 0 Å². The summed E-state index contributed by atoms with van der Waals surface area (Å²) in [5, 5.41) is 5.21. The Kier molecular flexibility index (Phi) is 3.78. The minimum Gasteiger partial charge on any atom is -0.456 e. The monoisotopic (exact) mass is 304 g/mol. The van der Waals surface area contributed by atoms with E-state index in [0.717, 1.165) is 33.3 Å². The number of thiazole rings is 1. The van der Waals surface area contributed by atoms with Gasteiger partial charge in [-0.05, 0) is 32.5 Å². The maximum absolute atomic E-state index is 13.8. The van der Waals surface area contributed by atoms with Crippen molar-refractivity contribution in [1.29, 1.82) is 0 Å². The molecule has 1 atom stereocenters. The van der Waals surface area contributed by atoms with Crippen LogP contribution in [-0.4, -0.2) is 11.5 Å². The second kappa shape index (κ2) is 5.58. The van der Waals surface area contributed by atoms with Crippen LogP contribution < -0.4 is 5.32 Å². The van der Waals surface area contributed by atoms with Crippen LogP contribution in [0, 0.1) is 19.7 Å². The van der Waals surface area contributed by atoms with Gasteiger partial charge in [0, 0.05) is 5.39 Å². The maximum atomic E-state index is 13.8. The summed E-state index contributed by atoms with van der Waals surface area (Å²) in [6.45, 7) is 6.81. The van der Waals surface area contributed by atoms with E-state index in [2.05, 4.69) is 10.3 Å². The third-order valence-electron chi connectivity index (χ3n) is 3.41. The molecule has 0 fully saturated rings. The molecule has 1 N–H and O–H groups in total. The predicted molar refractivity (Wildman–Crippen MR) is 83.3 cm³/mol. The molecule has 0 amide bonds. The Labute approximate surface area is 126 Å². The molecule has 0 aliphatic carbocycles. The van der Waals surface area contributed by atoms with Crippen molar-refractivity contribution in [2.75, 3.05) is 6.54 Å². The third-order valence-corrected chi connectivity index (χ3v) is 4.55. The molecule has 0 aliphatic rings. The summed E-state index contributed by atoms with van der Waals surface area (Å²) in [6, 6.07) is 6.79. The topological polar surface area (TPSA) is 38.1 Å². The fourth-order valence-electron chi connectivity index (χ4n) is 2.53. The van der Waals surface area contributed by atoms with Gasteiger partial charge in [0.1, 0.15) is 11.8 Å². The molecule has 21 heavy (non-hydrogen) atoms. The van der Waals surface area contributed by atoms with Crippen LogP contribution >= 0.6 is 11.3 Å². The number of halogens is 1. The van der Waals surface area contributed by atoms with Gasteiger partial charge < -0.3 is 9.73 Å². The Hall–Kier alpha value is -1.72. The average molecular weight is 304 g/mol. The van der Waals surface area contributed by atoms with Gasteiger partial charge in [0.2, 0.25) is 0 Å². The van der Waals surface area contributed by atoms with Gasteiger partial charge in [0.15, 0.2) is 11.4 Å². The molecule has 2 aromatic heterocycles. The van der Waals surface area contributed by atoms with E-state index >= 15 is 0 Å². The summed E-state index contributed by atoms with van der Waals surface area (Å²) >= 11 is 1.64. The molecule has 1 aromatic carbocycles. The van der Waals surface area contributed by atoms with Crippen LogP contribution in [-0.2, 0) is 0 Å². The Morgan fingerprint density at radius 2 is 2.19 bits per heavy atom. The van der Waals surface area contributed by atoms with Crippen molar-refractivity contribution in [3.05, 3.63) is 51.4 Å². The largest absolute Gasteiger partial charge is 0.456 e. The number of fused-ring (bicyclic) bond motifs is 1. The van der Waals surface area contributed by atoms with E-state index < -0.39 is 0 Å². The number of aryl methyl sites for hydroxylation is 2. The van der Waals surface area contributed by atoms with Crippen LogP contribution in [0.1, 0.15) is 34.3 Å². The molecule has 3 rings (SSSR count). The summed E-state index contributed by atoms with van der Waals surface area (Å²) in [5.74, 6) is 0.398. The van der Waals surface area contributed by atoms with Crippen molar-refractivity contribution >= 4 is 22.3 Å². The molecule has 0 aliphatic heterocycles. The number of hydrogen-bond acceptors (Lipinski definition) is 4. The van der Waals surface area contributed by atoms with Gasteiger partial charge in [-0.2, -0.15) is 0 Å². The Morgan fingerprint density at radius 3 is 2.81 bits per heavy atom. The summed E-state index contributed by atoms with van der Waals surface area (Å²) in [5.41, 5.74) is 1.30. The number of nitrogens with zero attached hydrogens (tertiary/aromatic N) is 1. The first kappa shape index (κ1) is 14.2. The van der Waals surface area contributed by atoms with Crippen LogP contribution in [0.5, 0.6) is 0 Å². The lowest BCUT2D eigenvalue weighted by atomic mass is 10.1. The highest BCUT2D eigenvalue weighted by Crippen LogP contribution is 2.33. The highest BCUT2D eigenvalue weighted by Gasteiger charge is 2.23. The lowest BCUT2D eigenvalue weighted by Gasteiger charge is -2.14. The van der Waals surface area contributed by atoms with E-state index in [1.807, 2.05) is 32.9 Å². The fourth-order valence-corrected chi connectivity index (χ4v) is 3.54. The first-order chi connectivity index (χ1) is 10.1. The number of furan rings is 1. The minimum atomic E-state index is -0.328. The van der Waals surface area contributed by atoms with E-state index in [4.69, 9.17) is 4.42 Å². The molecule has 2 heterocycles. The fraction of sp³-hybridized carbons (Fsp3) is 0.312. The van der Waals surface area contributed by atoms with E-state index in [0.29, 0.717) is 5.58 Å². The second-order valence-corrected chi connectivity index (χ2v) is 6.21. The van der Waals surface area contributed by atoms with Crippen molar-refractivity contribution in [1.82, 2.24) is 10.3 Å². The van der Waals surface area contributed by atoms with Gasteiger partial charge in [-0.1, -0.05) is 19.1 Å². The summed E-state index contributed by atoms with van der Waals surface area (Å²) in [4.78, 5) is 5.59. The van der Waals surface area contributed by atoms with Crippen molar-refractivity contribution < 1.29 is 8.81 Å². The summed E-state index contributed by atoms with van der Waals surface area (Å²) in [6.07, 6.45) is 0. The summed E-state index contributed by atoms with van der Waals surface area (Å²) < 4.78 is 19.6. The van der Waals surface area contributed by atoms with Crippen molar-refractivity contribution in [2.45, 2.75) is 26.8 Å². The van der Waals surface area contributed by atoms with Gasteiger partial charge >= 0.3 is 0 Å². The molecular weight excluding hydrogens is 287 g/mol. The third kappa shape index (κ3) is 2.59. The lowest BCUT2D eigenvalue weighted by Crippen LogP contribution is -2.21. The van der Waals surface area contributed by atoms with Crippen LogP contribution in [0.4, 0.5) is 4.39 Å². The van der Waals surface area contributed by atoms with E-state index in [9.17, 15) is 4.39 Å². The molecule has 3 nitrogen and oxygen atoms in total. The first-order valence-electron chi connectivity index (χ1n) is 6.95. The number of para-hydroxylation sites is 1. The maximum Gasteiger partial charge on any atom is 0.169 e. The normalized spacial score (nSPS) is 13.0. The molecule has 0 spiro atoms. The van der Waals surface area contributed by atoms with Crippen LogP contribution in [0.25, 0.3) is 11.0 Å². The molecule has 3 aromatic rings. The number of aromatic nitrogens is 1. The highest BCUT2D eigenvalue weighted by molar-refractivity contribution is 7.11. The molecular formula is C16H17FN2OS. The molecule has 0 radical (unpaired) electrons. The average Bonchev–Trinajstić information content (AvgIpc) is 3.00.